The van der Waals surface area contributed by atoms with Gasteiger partial charge in [-0.1, -0.05) is 24.8 Å². The van der Waals surface area contributed by atoms with Crippen LogP contribution >= 0.6 is 0 Å². The number of nitrogens with one attached hydrogen (secondary N) is 1. The second kappa shape index (κ2) is 5.82. The Kier molecular flexibility index (Phi) is 4.37. The molecule has 80 valence electrons. The molecule has 1 aromatic rings. The molecule has 0 radical (unpaired) electrons. The van der Waals surface area contributed by atoms with Crippen LogP contribution in [-0.4, -0.2) is 12.2 Å². The first kappa shape index (κ1) is 11.3. The van der Waals surface area contributed by atoms with Crippen LogP contribution in [-0.2, 0) is 14.6 Å². The minimum Gasteiger partial charge on any atom is -0.357 e. The molecule has 0 aromatic heterocycles. The Morgan fingerprint density at radius 1 is 1.47 bits per heavy atom. The first-order chi connectivity index (χ1) is 7.22. The first-order valence-electron chi connectivity index (χ1n) is 4.53. The van der Waals surface area contributed by atoms with Crippen LogP contribution in [0.2, 0.25) is 0 Å². The highest BCUT2D eigenvalue weighted by molar-refractivity contribution is 5.80. The van der Waals surface area contributed by atoms with Crippen molar-refractivity contribution in [2.75, 3.05) is 5.32 Å². The van der Waals surface area contributed by atoms with Gasteiger partial charge in [0.2, 0.25) is 0 Å². The van der Waals surface area contributed by atoms with Crippen molar-refractivity contribution in [1.82, 2.24) is 0 Å². The lowest BCUT2D eigenvalue weighted by Gasteiger charge is -2.13. The lowest BCUT2D eigenvalue weighted by molar-refractivity contribution is -0.284. The van der Waals surface area contributed by atoms with Gasteiger partial charge in [0.15, 0.2) is 6.23 Å². The van der Waals surface area contributed by atoms with Gasteiger partial charge in [0.1, 0.15) is 0 Å². The van der Waals surface area contributed by atoms with Crippen LogP contribution in [0.1, 0.15) is 6.92 Å². The van der Waals surface area contributed by atoms with Gasteiger partial charge >= 0.3 is 5.97 Å². The number of carbonyl (C=O) groups excluding carboxylic acids is 1. The maximum absolute atomic E-state index is 10.7. The van der Waals surface area contributed by atoms with Crippen LogP contribution in [0.5, 0.6) is 0 Å². The average Bonchev–Trinajstić information content (AvgIpc) is 2.27. The third-order valence-corrected chi connectivity index (χ3v) is 1.58. The van der Waals surface area contributed by atoms with Gasteiger partial charge in [0, 0.05) is 11.8 Å². The number of benzene rings is 1. The van der Waals surface area contributed by atoms with Crippen LogP contribution in [0, 0.1) is 0 Å². The molecular formula is C11H13NO3. The first-order valence-corrected chi connectivity index (χ1v) is 4.53. The Balaban J connectivity index is 2.33. The minimum atomic E-state index is -0.614. The van der Waals surface area contributed by atoms with E-state index in [0.29, 0.717) is 0 Å². The van der Waals surface area contributed by atoms with E-state index in [-0.39, 0.29) is 0 Å². The highest BCUT2D eigenvalue weighted by Crippen LogP contribution is 2.07. The molecule has 1 rings (SSSR count). The van der Waals surface area contributed by atoms with Gasteiger partial charge in [-0.15, -0.1) is 0 Å². The molecule has 0 amide bonds. The number of hydrogen-bond acceptors (Lipinski definition) is 4. The molecule has 15 heavy (non-hydrogen) atoms. The number of carbonyl (C=O) groups is 1. The summed E-state index contributed by atoms with van der Waals surface area (Å²) in [4.78, 5) is 19.8. The molecule has 4 heteroatoms. The zero-order valence-electron chi connectivity index (χ0n) is 8.47. The van der Waals surface area contributed by atoms with Gasteiger partial charge in [0.25, 0.3) is 0 Å². The molecule has 1 atom stereocenters. The van der Waals surface area contributed by atoms with E-state index >= 15 is 0 Å². The lowest BCUT2D eigenvalue weighted by atomic mass is 10.3. The standard InChI is InChI=1S/C11H13NO3/c1-3-11(13)15-14-9(2)12-10-7-5-4-6-8-10/h3-9,12H,1H2,2H3. The van der Waals surface area contributed by atoms with Gasteiger partial charge in [0.05, 0.1) is 0 Å². The molecule has 0 heterocycles. The van der Waals surface area contributed by atoms with Gasteiger partial charge in [-0.2, -0.15) is 4.89 Å². The summed E-state index contributed by atoms with van der Waals surface area (Å²) in [5, 5.41) is 2.99. The monoisotopic (exact) mass is 207 g/mol. The molecule has 0 fully saturated rings. The summed E-state index contributed by atoms with van der Waals surface area (Å²) >= 11 is 0. The highest BCUT2D eigenvalue weighted by atomic mass is 17.2. The predicted molar refractivity (Wildman–Crippen MR) is 56.9 cm³/mol. The van der Waals surface area contributed by atoms with E-state index in [1.807, 2.05) is 30.3 Å². The summed E-state index contributed by atoms with van der Waals surface area (Å²) < 4.78 is 0. The maximum atomic E-state index is 10.7. The highest BCUT2D eigenvalue weighted by Gasteiger charge is 2.04. The van der Waals surface area contributed by atoms with Gasteiger partial charge in [-0.05, 0) is 19.1 Å². The molecule has 1 aromatic carbocycles. The van der Waals surface area contributed by atoms with Gasteiger partial charge in [-0.25, -0.2) is 4.79 Å². The molecule has 4 nitrogen and oxygen atoms in total. The van der Waals surface area contributed by atoms with E-state index < -0.39 is 12.2 Å². The zero-order valence-corrected chi connectivity index (χ0v) is 8.47. The number of hydrogen-bond donors (Lipinski definition) is 1. The van der Waals surface area contributed by atoms with Crippen molar-refractivity contribution in [2.24, 2.45) is 0 Å². The maximum Gasteiger partial charge on any atom is 0.365 e. The summed E-state index contributed by atoms with van der Waals surface area (Å²) in [5.41, 5.74) is 0.889. The summed E-state index contributed by atoms with van der Waals surface area (Å²) in [6.07, 6.45) is 0.617. The van der Waals surface area contributed by atoms with Gasteiger partial charge in [-0.3, -0.25) is 4.89 Å². The fourth-order valence-electron chi connectivity index (χ4n) is 0.947. The van der Waals surface area contributed by atoms with Crippen molar-refractivity contribution < 1.29 is 14.6 Å². The molecule has 0 spiro atoms. The van der Waals surface area contributed by atoms with Crippen molar-refractivity contribution in [1.29, 1.82) is 0 Å². The Morgan fingerprint density at radius 2 is 2.13 bits per heavy atom. The number of para-hydroxylation sites is 1. The molecule has 1 N–H and O–H groups in total. The van der Waals surface area contributed by atoms with Crippen LogP contribution in [0.15, 0.2) is 43.0 Å². The number of anilines is 1. The average molecular weight is 207 g/mol. The van der Waals surface area contributed by atoms with E-state index in [0.717, 1.165) is 11.8 Å². The fraction of sp³-hybridized carbons (Fsp3) is 0.182. The van der Waals surface area contributed by atoms with E-state index in [1.54, 1.807) is 6.92 Å². The summed E-state index contributed by atoms with van der Waals surface area (Å²) in [5.74, 6) is -0.614. The topological polar surface area (TPSA) is 47.6 Å². The van der Waals surface area contributed by atoms with E-state index in [9.17, 15) is 4.79 Å². The molecule has 0 aliphatic heterocycles. The Morgan fingerprint density at radius 3 is 2.73 bits per heavy atom. The normalized spacial score (nSPS) is 11.5. The molecule has 0 bridgehead atoms. The molecule has 0 aliphatic carbocycles. The SMILES string of the molecule is C=CC(=O)OOC(C)Nc1ccccc1. The van der Waals surface area contributed by atoms with Crippen molar-refractivity contribution in [3.05, 3.63) is 43.0 Å². The van der Waals surface area contributed by atoms with Crippen LogP contribution < -0.4 is 5.32 Å². The zero-order chi connectivity index (χ0) is 11.1. The van der Waals surface area contributed by atoms with Crippen molar-refractivity contribution in [3.63, 3.8) is 0 Å². The molecular weight excluding hydrogens is 194 g/mol. The van der Waals surface area contributed by atoms with Crippen LogP contribution in [0.4, 0.5) is 5.69 Å². The van der Waals surface area contributed by atoms with Gasteiger partial charge < -0.3 is 5.32 Å². The smallest absolute Gasteiger partial charge is 0.357 e. The molecule has 1 unspecified atom stereocenters. The quantitative estimate of drug-likeness (QED) is 0.347. The minimum absolute atomic E-state index is 0.420. The molecule has 0 saturated heterocycles. The van der Waals surface area contributed by atoms with Crippen molar-refractivity contribution in [2.45, 2.75) is 13.2 Å². The Labute approximate surface area is 88.4 Å². The summed E-state index contributed by atoms with van der Waals surface area (Å²) in [6, 6.07) is 9.47. The van der Waals surface area contributed by atoms with E-state index in [4.69, 9.17) is 4.89 Å². The van der Waals surface area contributed by atoms with Crippen LogP contribution in [0.25, 0.3) is 0 Å². The lowest BCUT2D eigenvalue weighted by Crippen LogP contribution is -2.20. The Bertz CT molecular complexity index is 324. The Hall–Kier alpha value is -1.81. The largest absolute Gasteiger partial charge is 0.365 e. The second-order valence-electron chi connectivity index (χ2n) is 2.86. The van der Waals surface area contributed by atoms with Crippen molar-refractivity contribution in [3.8, 4) is 0 Å². The number of rotatable bonds is 5. The summed E-state index contributed by atoms with van der Waals surface area (Å²) in [6.45, 7) is 4.97. The van der Waals surface area contributed by atoms with E-state index in [2.05, 4.69) is 16.8 Å². The fourth-order valence-corrected chi connectivity index (χ4v) is 0.947. The second-order valence-corrected chi connectivity index (χ2v) is 2.86. The molecule has 0 aliphatic rings. The van der Waals surface area contributed by atoms with Crippen molar-refractivity contribution >= 4 is 11.7 Å². The molecule has 0 saturated carbocycles. The van der Waals surface area contributed by atoms with Crippen LogP contribution in [0.3, 0.4) is 0 Å². The third-order valence-electron chi connectivity index (χ3n) is 1.58. The van der Waals surface area contributed by atoms with E-state index in [1.165, 1.54) is 0 Å². The summed E-state index contributed by atoms with van der Waals surface area (Å²) in [7, 11) is 0. The third kappa shape index (κ3) is 4.28. The predicted octanol–water partition coefficient (Wildman–Crippen LogP) is 2.11.